The van der Waals surface area contributed by atoms with E-state index in [0.29, 0.717) is 17.2 Å². The van der Waals surface area contributed by atoms with Gasteiger partial charge in [0.1, 0.15) is 5.60 Å². The monoisotopic (exact) mass is 389 g/mol. The largest absolute Gasteiger partial charge is 0.450 e. The van der Waals surface area contributed by atoms with Crippen LogP contribution in [0.3, 0.4) is 0 Å². The van der Waals surface area contributed by atoms with Gasteiger partial charge >= 0.3 is 5.97 Å². The second kappa shape index (κ2) is 8.15. The summed E-state index contributed by atoms with van der Waals surface area (Å²) in [4.78, 5) is 32.8. The fourth-order valence-corrected chi connectivity index (χ4v) is 5.56. The van der Waals surface area contributed by atoms with Gasteiger partial charge in [-0.05, 0) is 52.2 Å². The zero-order valence-corrected chi connectivity index (χ0v) is 17.5. The second-order valence-corrected chi connectivity index (χ2v) is 8.94. The molecule has 0 unspecified atom stereocenters. The fourth-order valence-electron chi connectivity index (χ4n) is 5.56. The molecule has 0 bridgehead atoms. The highest BCUT2D eigenvalue weighted by molar-refractivity contribution is 6.07. The second-order valence-electron chi connectivity index (χ2n) is 8.94. The van der Waals surface area contributed by atoms with Gasteiger partial charge in [-0.3, -0.25) is 4.79 Å². The van der Waals surface area contributed by atoms with Gasteiger partial charge in [0, 0.05) is 50.6 Å². The van der Waals surface area contributed by atoms with Crippen LogP contribution in [0.5, 0.6) is 0 Å². The number of hydrogen-bond donors (Lipinski definition) is 0. The van der Waals surface area contributed by atoms with Crippen LogP contribution in [-0.4, -0.2) is 84.0 Å². The normalized spacial score (nSPS) is 27.5. The van der Waals surface area contributed by atoms with Crippen molar-refractivity contribution in [3.63, 3.8) is 0 Å². The molecule has 3 saturated heterocycles. The molecule has 0 radical (unpaired) electrons. The van der Waals surface area contributed by atoms with Gasteiger partial charge in [0.05, 0.1) is 5.57 Å². The number of ether oxygens (including phenoxy) is 1. The van der Waals surface area contributed by atoms with Gasteiger partial charge in [-0.15, -0.1) is 0 Å². The third-order valence-corrected chi connectivity index (χ3v) is 7.41. The quantitative estimate of drug-likeness (QED) is 0.693. The number of carbonyl (C=O) groups excluding carboxylic acids is 2. The first-order valence-electron chi connectivity index (χ1n) is 11.2. The van der Waals surface area contributed by atoms with Crippen LogP contribution in [0.1, 0.15) is 58.8 Å². The predicted octanol–water partition coefficient (Wildman–Crippen LogP) is 2.19. The predicted molar refractivity (Wildman–Crippen MR) is 108 cm³/mol. The van der Waals surface area contributed by atoms with Gasteiger partial charge in [-0.2, -0.15) is 0 Å². The Morgan fingerprint density at radius 3 is 2.29 bits per heavy atom. The zero-order valence-electron chi connectivity index (χ0n) is 17.5. The lowest BCUT2D eigenvalue weighted by atomic mass is 9.82. The molecule has 1 amide bonds. The molecule has 0 aliphatic carbocycles. The van der Waals surface area contributed by atoms with Crippen molar-refractivity contribution >= 4 is 11.9 Å². The van der Waals surface area contributed by atoms with Gasteiger partial charge < -0.3 is 19.4 Å². The van der Waals surface area contributed by atoms with Gasteiger partial charge in [0.2, 0.25) is 0 Å². The molecule has 156 valence electrons. The SMILES string of the molecule is CCN1CCC2(CC1)OC(=O)C(C)=C2C(=O)N1CCC(N2CCCCC2)CC1. The van der Waals surface area contributed by atoms with Gasteiger partial charge in [0.25, 0.3) is 5.91 Å². The van der Waals surface area contributed by atoms with Crippen molar-refractivity contribution in [1.82, 2.24) is 14.7 Å². The van der Waals surface area contributed by atoms with Gasteiger partial charge in [-0.1, -0.05) is 13.3 Å². The minimum Gasteiger partial charge on any atom is -0.450 e. The molecule has 0 aromatic heterocycles. The fraction of sp³-hybridized carbons (Fsp3) is 0.818. The summed E-state index contributed by atoms with van der Waals surface area (Å²) in [6.07, 6.45) is 7.52. The van der Waals surface area contributed by atoms with Crippen molar-refractivity contribution in [3.05, 3.63) is 11.1 Å². The van der Waals surface area contributed by atoms with Crippen LogP contribution in [0, 0.1) is 0 Å². The van der Waals surface area contributed by atoms with E-state index in [1.807, 2.05) is 4.90 Å². The Morgan fingerprint density at radius 1 is 1.04 bits per heavy atom. The van der Waals surface area contributed by atoms with E-state index in [9.17, 15) is 9.59 Å². The highest BCUT2D eigenvalue weighted by Gasteiger charge is 2.51. The Hall–Kier alpha value is -1.40. The van der Waals surface area contributed by atoms with Gasteiger partial charge in [0.15, 0.2) is 0 Å². The highest BCUT2D eigenvalue weighted by atomic mass is 16.6. The van der Waals surface area contributed by atoms with Crippen LogP contribution in [0.25, 0.3) is 0 Å². The third-order valence-electron chi connectivity index (χ3n) is 7.41. The number of nitrogens with zero attached hydrogens (tertiary/aromatic N) is 3. The molecule has 3 fully saturated rings. The van der Waals surface area contributed by atoms with Crippen LogP contribution >= 0.6 is 0 Å². The maximum Gasteiger partial charge on any atom is 0.335 e. The molecular weight excluding hydrogens is 354 g/mol. The summed E-state index contributed by atoms with van der Waals surface area (Å²) in [6.45, 7) is 10.7. The number of piperidine rings is 3. The van der Waals surface area contributed by atoms with E-state index in [1.165, 1.54) is 32.4 Å². The van der Waals surface area contributed by atoms with Crippen molar-refractivity contribution in [2.45, 2.75) is 70.4 Å². The molecule has 4 heterocycles. The Bertz CT molecular complexity index is 637. The third kappa shape index (κ3) is 3.61. The molecule has 4 aliphatic rings. The van der Waals surface area contributed by atoms with Crippen LogP contribution in [0.15, 0.2) is 11.1 Å². The minimum absolute atomic E-state index is 0.0467. The maximum absolute atomic E-state index is 13.5. The van der Waals surface area contributed by atoms with Crippen molar-refractivity contribution < 1.29 is 14.3 Å². The number of rotatable bonds is 3. The van der Waals surface area contributed by atoms with E-state index in [4.69, 9.17) is 4.74 Å². The first-order valence-corrected chi connectivity index (χ1v) is 11.2. The summed E-state index contributed by atoms with van der Waals surface area (Å²) in [6, 6.07) is 0.614. The molecule has 6 heteroatoms. The lowest BCUT2D eigenvalue weighted by Crippen LogP contribution is -2.52. The molecule has 0 aromatic carbocycles. The van der Waals surface area contributed by atoms with E-state index < -0.39 is 5.60 Å². The summed E-state index contributed by atoms with van der Waals surface area (Å²) >= 11 is 0. The van der Waals surface area contributed by atoms with E-state index in [1.54, 1.807) is 6.92 Å². The Labute approximate surface area is 168 Å². The minimum atomic E-state index is -0.687. The van der Waals surface area contributed by atoms with Crippen molar-refractivity contribution in [2.24, 2.45) is 0 Å². The Kier molecular flexibility index (Phi) is 5.79. The Balaban J connectivity index is 1.43. The topological polar surface area (TPSA) is 53.1 Å². The molecule has 0 aromatic rings. The molecule has 1 spiro atoms. The first kappa shape index (κ1) is 19.9. The van der Waals surface area contributed by atoms with Crippen LogP contribution in [0.4, 0.5) is 0 Å². The van der Waals surface area contributed by atoms with Crippen LogP contribution < -0.4 is 0 Å². The van der Waals surface area contributed by atoms with E-state index >= 15 is 0 Å². The smallest absolute Gasteiger partial charge is 0.335 e. The van der Waals surface area contributed by atoms with Crippen molar-refractivity contribution in [3.8, 4) is 0 Å². The number of amides is 1. The number of esters is 1. The lowest BCUT2D eigenvalue weighted by Gasteiger charge is -2.42. The average molecular weight is 390 g/mol. The number of hydrogen-bond acceptors (Lipinski definition) is 5. The van der Waals surface area contributed by atoms with Crippen LogP contribution in [0.2, 0.25) is 0 Å². The summed E-state index contributed by atoms with van der Waals surface area (Å²) in [5.41, 5.74) is 0.506. The molecule has 0 saturated carbocycles. The standard InChI is InChI=1S/C22H35N3O3/c1-3-23-15-9-22(10-16-23)19(17(2)21(27)28-22)20(26)25-13-7-18(8-14-25)24-11-5-4-6-12-24/h18H,3-16H2,1-2H3. The zero-order chi connectivity index (χ0) is 19.7. The van der Waals surface area contributed by atoms with E-state index in [-0.39, 0.29) is 11.9 Å². The first-order chi connectivity index (χ1) is 13.5. The maximum atomic E-state index is 13.5. The van der Waals surface area contributed by atoms with Crippen molar-refractivity contribution in [1.29, 1.82) is 0 Å². The van der Waals surface area contributed by atoms with Crippen LogP contribution in [-0.2, 0) is 14.3 Å². The van der Waals surface area contributed by atoms with E-state index in [0.717, 1.165) is 58.4 Å². The van der Waals surface area contributed by atoms with Gasteiger partial charge in [-0.25, -0.2) is 4.79 Å². The summed E-state index contributed by atoms with van der Waals surface area (Å²) in [5.74, 6) is -0.248. The summed E-state index contributed by atoms with van der Waals surface area (Å²) in [7, 11) is 0. The average Bonchev–Trinajstić information content (AvgIpc) is 2.98. The molecule has 28 heavy (non-hydrogen) atoms. The molecule has 0 atom stereocenters. The highest BCUT2D eigenvalue weighted by Crippen LogP contribution is 2.42. The molecule has 4 rings (SSSR count). The lowest BCUT2D eigenvalue weighted by molar-refractivity contribution is -0.151. The molecule has 4 aliphatic heterocycles. The number of likely N-dealkylation sites (tertiary alicyclic amines) is 3. The Morgan fingerprint density at radius 2 is 1.68 bits per heavy atom. The van der Waals surface area contributed by atoms with Crippen molar-refractivity contribution in [2.75, 3.05) is 45.8 Å². The molecule has 0 N–H and O–H groups in total. The summed E-state index contributed by atoms with van der Waals surface area (Å²) in [5, 5.41) is 0. The molecule has 6 nitrogen and oxygen atoms in total. The number of carbonyl (C=O) groups is 2. The molecular formula is C22H35N3O3. The summed E-state index contributed by atoms with van der Waals surface area (Å²) < 4.78 is 5.84. The van der Waals surface area contributed by atoms with E-state index in [2.05, 4.69) is 16.7 Å².